The Bertz CT molecular complexity index is 1050. The van der Waals surface area contributed by atoms with Crippen LogP contribution in [-0.2, 0) is 10.0 Å². The molecule has 1 amide bonds. The maximum atomic E-state index is 13.2. The van der Waals surface area contributed by atoms with Crippen LogP contribution in [0.15, 0.2) is 53.4 Å². The smallest absolute Gasteiger partial charge is 0.255 e. The largest absolute Gasteiger partial charge is 0.496 e. The zero-order chi connectivity index (χ0) is 23.3. The second-order valence-electron chi connectivity index (χ2n) is 8.83. The van der Waals surface area contributed by atoms with Gasteiger partial charge in [-0.15, -0.1) is 0 Å². The summed E-state index contributed by atoms with van der Waals surface area (Å²) in [4.78, 5) is 15.5. The third kappa shape index (κ3) is 5.50. The number of benzene rings is 2. The van der Waals surface area contributed by atoms with Gasteiger partial charge in [0, 0.05) is 38.4 Å². The minimum Gasteiger partial charge on any atom is -0.496 e. The molecule has 2 saturated heterocycles. The van der Waals surface area contributed by atoms with E-state index in [0.717, 1.165) is 45.2 Å². The molecule has 0 bridgehead atoms. The van der Waals surface area contributed by atoms with Crippen molar-refractivity contribution in [3.63, 3.8) is 0 Å². The Morgan fingerprint density at radius 3 is 2.45 bits per heavy atom. The van der Waals surface area contributed by atoms with E-state index in [-0.39, 0.29) is 16.4 Å². The van der Waals surface area contributed by atoms with E-state index in [1.807, 2.05) is 18.2 Å². The fourth-order valence-corrected chi connectivity index (χ4v) is 6.20. The van der Waals surface area contributed by atoms with Crippen LogP contribution < -0.4 is 15.0 Å². The molecule has 1 atom stereocenters. The third-order valence-corrected chi connectivity index (χ3v) is 8.47. The van der Waals surface area contributed by atoms with E-state index in [0.29, 0.717) is 31.3 Å². The van der Waals surface area contributed by atoms with E-state index in [4.69, 9.17) is 4.74 Å². The Kier molecular flexibility index (Phi) is 7.55. The molecule has 0 aromatic heterocycles. The Labute approximate surface area is 196 Å². The van der Waals surface area contributed by atoms with Crippen LogP contribution in [0.25, 0.3) is 0 Å². The average molecular weight is 472 g/mol. The molecule has 4 rings (SSSR count). The number of anilines is 1. The number of sulfonamides is 1. The lowest BCUT2D eigenvalue weighted by atomic mass is 10.1. The minimum atomic E-state index is -3.64. The SMILES string of the molecule is COc1ccc(S(=O)(=O)N2CCCCCC2)cc1C(=O)NCC1CCN(c2ccccc2)C1. The standard InChI is InChI=1S/C25H33N3O4S/c1-32-24-12-11-22(33(30,31)28-14-7-2-3-8-15-28)17-23(24)25(29)26-18-20-13-16-27(19-20)21-9-5-4-6-10-21/h4-6,9-12,17,20H,2-3,7-8,13-16,18-19H2,1H3,(H,26,29). The predicted octanol–water partition coefficient (Wildman–Crippen LogP) is 3.52. The van der Waals surface area contributed by atoms with Gasteiger partial charge in [0.25, 0.3) is 5.91 Å². The van der Waals surface area contributed by atoms with Crippen molar-refractivity contribution in [2.24, 2.45) is 5.92 Å². The number of hydrogen-bond donors (Lipinski definition) is 1. The molecule has 7 nitrogen and oxygen atoms in total. The molecule has 2 heterocycles. The van der Waals surface area contributed by atoms with E-state index >= 15 is 0 Å². The van der Waals surface area contributed by atoms with Gasteiger partial charge in [0.15, 0.2) is 0 Å². The molecule has 178 valence electrons. The highest BCUT2D eigenvalue weighted by Crippen LogP contribution is 2.27. The normalized spacial score (nSPS) is 19.8. The van der Waals surface area contributed by atoms with Crippen molar-refractivity contribution in [1.82, 2.24) is 9.62 Å². The van der Waals surface area contributed by atoms with Crippen molar-refractivity contribution in [2.45, 2.75) is 37.0 Å². The first-order valence-electron chi connectivity index (χ1n) is 11.8. The van der Waals surface area contributed by atoms with Gasteiger partial charge in [-0.25, -0.2) is 8.42 Å². The van der Waals surface area contributed by atoms with Crippen LogP contribution in [0.4, 0.5) is 5.69 Å². The summed E-state index contributed by atoms with van der Waals surface area (Å²) in [5.41, 5.74) is 1.45. The number of nitrogens with one attached hydrogen (secondary N) is 1. The summed E-state index contributed by atoms with van der Waals surface area (Å²) in [5, 5.41) is 3.00. The maximum Gasteiger partial charge on any atom is 0.255 e. The molecule has 1 unspecified atom stereocenters. The zero-order valence-corrected chi connectivity index (χ0v) is 20.0. The highest BCUT2D eigenvalue weighted by Gasteiger charge is 2.28. The molecule has 2 aromatic rings. The van der Waals surface area contributed by atoms with Gasteiger partial charge in [-0.1, -0.05) is 31.0 Å². The number of methoxy groups -OCH3 is 1. The summed E-state index contributed by atoms with van der Waals surface area (Å²) in [6.07, 6.45) is 4.82. The highest BCUT2D eigenvalue weighted by molar-refractivity contribution is 7.89. The second-order valence-corrected chi connectivity index (χ2v) is 10.8. The summed E-state index contributed by atoms with van der Waals surface area (Å²) >= 11 is 0. The first-order chi connectivity index (χ1) is 16.0. The topological polar surface area (TPSA) is 79.0 Å². The van der Waals surface area contributed by atoms with Crippen LogP contribution in [0.1, 0.15) is 42.5 Å². The molecule has 8 heteroatoms. The van der Waals surface area contributed by atoms with Gasteiger partial charge >= 0.3 is 0 Å². The molecular weight excluding hydrogens is 438 g/mol. The van der Waals surface area contributed by atoms with Crippen LogP contribution in [0.3, 0.4) is 0 Å². The van der Waals surface area contributed by atoms with Crippen molar-refractivity contribution >= 4 is 21.6 Å². The van der Waals surface area contributed by atoms with E-state index in [1.165, 1.54) is 24.9 Å². The van der Waals surface area contributed by atoms with Crippen molar-refractivity contribution in [1.29, 1.82) is 0 Å². The van der Waals surface area contributed by atoms with Gasteiger partial charge in [0.1, 0.15) is 5.75 Å². The lowest BCUT2D eigenvalue weighted by molar-refractivity contribution is 0.0945. The Hall–Kier alpha value is -2.58. The fraction of sp³-hybridized carbons (Fsp3) is 0.480. The first kappa shape index (κ1) is 23.6. The van der Waals surface area contributed by atoms with Crippen LogP contribution in [-0.4, -0.2) is 58.5 Å². The lowest BCUT2D eigenvalue weighted by Crippen LogP contribution is -2.33. The van der Waals surface area contributed by atoms with Crippen molar-refractivity contribution < 1.29 is 17.9 Å². The number of carbonyl (C=O) groups excluding carboxylic acids is 1. The summed E-state index contributed by atoms with van der Waals surface area (Å²) in [6.45, 7) is 3.42. The average Bonchev–Trinajstić information content (AvgIpc) is 3.14. The van der Waals surface area contributed by atoms with Gasteiger partial charge in [0.05, 0.1) is 17.6 Å². The van der Waals surface area contributed by atoms with Gasteiger partial charge in [-0.05, 0) is 55.5 Å². The predicted molar refractivity (Wildman–Crippen MR) is 129 cm³/mol. The zero-order valence-electron chi connectivity index (χ0n) is 19.2. The van der Waals surface area contributed by atoms with E-state index in [9.17, 15) is 13.2 Å². The Morgan fingerprint density at radius 2 is 1.76 bits per heavy atom. The minimum absolute atomic E-state index is 0.145. The maximum absolute atomic E-state index is 13.2. The second kappa shape index (κ2) is 10.6. The number of rotatable bonds is 7. The molecule has 2 fully saturated rings. The Morgan fingerprint density at radius 1 is 1.03 bits per heavy atom. The summed E-state index contributed by atoms with van der Waals surface area (Å²) in [7, 11) is -2.15. The fourth-order valence-electron chi connectivity index (χ4n) is 4.66. The van der Waals surface area contributed by atoms with Gasteiger partial charge in [-0.2, -0.15) is 4.31 Å². The number of ether oxygens (including phenoxy) is 1. The molecule has 0 radical (unpaired) electrons. The summed E-state index contributed by atoms with van der Waals surface area (Å²) < 4.78 is 33.3. The van der Waals surface area contributed by atoms with Crippen LogP contribution in [0.2, 0.25) is 0 Å². The molecule has 2 aromatic carbocycles. The molecule has 33 heavy (non-hydrogen) atoms. The number of hydrogen-bond acceptors (Lipinski definition) is 5. The number of carbonyl (C=O) groups is 1. The van der Waals surface area contributed by atoms with E-state index in [2.05, 4.69) is 22.3 Å². The van der Waals surface area contributed by atoms with Gasteiger partial charge in [-0.3, -0.25) is 4.79 Å². The lowest BCUT2D eigenvalue weighted by Gasteiger charge is -2.21. The Balaban J connectivity index is 1.44. The van der Waals surface area contributed by atoms with Gasteiger partial charge in [0.2, 0.25) is 10.0 Å². The molecule has 2 aliphatic rings. The van der Waals surface area contributed by atoms with Crippen molar-refractivity contribution in [2.75, 3.05) is 44.7 Å². The number of amides is 1. The van der Waals surface area contributed by atoms with Crippen LogP contribution in [0.5, 0.6) is 5.75 Å². The molecular formula is C25H33N3O4S. The van der Waals surface area contributed by atoms with Crippen molar-refractivity contribution in [3.05, 3.63) is 54.1 Å². The number of nitrogens with zero attached hydrogens (tertiary/aromatic N) is 2. The summed E-state index contributed by atoms with van der Waals surface area (Å²) in [6, 6.07) is 14.8. The molecule has 1 N–H and O–H groups in total. The van der Waals surface area contributed by atoms with Crippen molar-refractivity contribution in [3.8, 4) is 5.75 Å². The molecule has 2 aliphatic heterocycles. The third-order valence-electron chi connectivity index (χ3n) is 6.58. The van der Waals surface area contributed by atoms with Crippen LogP contribution in [0, 0.1) is 5.92 Å². The van der Waals surface area contributed by atoms with E-state index in [1.54, 1.807) is 10.4 Å². The molecule has 0 spiro atoms. The van der Waals surface area contributed by atoms with Gasteiger partial charge < -0.3 is 15.0 Å². The first-order valence-corrected chi connectivity index (χ1v) is 13.2. The monoisotopic (exact) mass is 471 g/mol. The summed E-state index contributed by atoms with van der Waals surface area (Å²) in [5.74, 6) is 0.404. The molecule has 0 saturated carbocycles. The number of para-hydroxylation sites is 1. The highest BCUT2D eigenvalue weighted by atomic mass is 32.2. The molecule has 0 aliphatic carbocycles. The quantitative estimate of drug-likeness (QED) is 0.669. The van der Waals surface area contributed by atoms with E-state index < -0.39 is 10.0 Å². The van der Waals surface area contributed by atoms with Crippen LogP contribution >= 0.6 is 0 Å².